The van der Waals surface area contributed by atoms with E-state index in [1.807, 2.05) is 4.90 Å². The quantitative estimate of drug-likeness (QED) is 0.403. The highest BCUT2D eigenvalue weighted by Gasteiger charge is 2.33. The molecule has 1 aliphatic rings. The molecule has 0 aliphatic heterocycles. The summed E-state index contributed by atoms with van der Waals surface area (Å²) in [4.78, 5) is 12.9. The molecule has 0 amide bonds. The summed E-state index contributed by atoms with van der Waals surface area (Å²) in [7, 11) is 0. The van der Waals surface area contributed by atoms with Crippen molar-refractivity contribution in [3.63, 3.8) is 0 Å². The van der Waals surface area contributed by atoms with Crippen molar-refractivity contribution in [2.75, 3.05) is 4.90 Å². The second-order valence-corrected chi connectivity index (χ2v) is 7.51. The molecule has 4 nitrogen and oxygen atoms in total. The van der Waals surface area contributed by atoms with Crippen LogP contribution in [0.3, 0.4) is 0 Å². The molecule has 0 saturated heterocycles. The Morgan fingerprint density at radius 2 is 1.96 bits per heavy atom. The molecule has 1 aromatic carbocycles. The number of anilines is 1. The molecule has 1 aromatic rings. The third kappa shape index (κ3) is 5.59. The molecule has 0 heterocycles. The minimum absolute atomic E-state index is 0.0388. The molecule has 1 unspecified atom stereocenters. The Balaban J connectivity index is 2.36. The average molecular weight is 423 g/mol. The van der Waals surface area contributed by atoms with Gasteiger partial charge in [-0.05, 0) is 38.3 Å². The van der Waals surface area contributed by atoms with Crippen molar-refractivity contribution in [1.82, 2.24) is 0 Å². The minimum atomic E-state index is -4.22. The first-order chi connectivity index (χ1) is 11.7. The highest BCUT2D eigenvalue weighted by atomic mass is 79.9. The highest BCUT2D eigenvalue weighted by molar-refractivity contribution is 9.10. The zero-order valence-corrected chi connectivity index (χ0v) is 15.6. The Hall–Kier alpha value is -1.31. The van der Waals surface area contributed by atoms with Gasteiger partial charge in [0, 0.05) is 29.0 Å². The number of benzene rings is 1. The van der Waals surface area contributed by atoms with Crippen LogP contribution in [-0.2, 0) is 0 Å². The zero-order valence-electron chi connectivity index (χ0n) is 14.1. The van der Waals surface area contributed by atoms with Gasteiger partial charge in [-0.25, -0.2) is 0 Å². The van der Waals surface area contributed by atoms with E-state index < -0.39 is 23.6 Å². The van der Waals surface area contributed by atoms with Crippen LogP contribution in [0.5, 0.6) is 0 Å². The summed E-state index contributed by atoms with van der Waals surface area (Å²) in [5.74, 6) is 0. The van der Waals surface area contributed by atoms with Crippen molar-refractivity contribution < 1.29 is 18.1 Å². The van der Waals surface area contributed by atoms with Gasteiger partial charge in [0.2, 0.25) is 0 Å². The number of rotatable bonds is 6. The highest BCUT2D eigenvalue weighted by Crippen LogP contribution is 2.38. The first kappa shape index (κ1) is 20.0. The van der Waals surface area contributed by atoms with Gasteiger partial charge in [-0.3, -0.25) is 10.1 Å². The molecule has 0 spiro atoms. The zero-order chi connectivity index (χ0) is 18.6. The monoisotopic (exact) mass is 422 g/mol. The third-order valence-corrected chi connectivity index (χ3v) is 5.19. The second kappa shape index (κ2) is 8.38. The van der Waals surface area contributed by atoms with Gasteiger partial charge in [0.15, 0.2) is 0 Å². The molecular weight excluding hydrogens is 401 g/mol. The lowest BCUT2D eigenvalue weighted by molar-refractivity contribution is -0.384. The van der Waals surface area contributed by atoms with E-state index in [4.69, 9.17) is 0 Å². The summed E-state index contributed by atoms with van der Waals surface area (Å²) >= 11 is 3.23. The fourth-order valence-corrected chi connectivity index (χ4v) is 3.88. The van der Waals surface area contributed by atoms with E-state index in [2.05, 4.69) is 15.9 Å². The summed E-state index contributed by atoms with van der Waals surface area (Å²) in [5.41, 5.74) is 0.341. The molecule has 1 aliphatic carbocycles. The number of nitro benzene ring substituents is 1. The lowest BCUT2D eigenvalue weighted by atomic mass is 9.92. The van der Waals surface area contributed by atoms with Crippen LogP contribution < -0.4 is 4.90 Å². The molecule has 1 atom stereocenters. The molecule has 1 saturated carbocycles. The normalized spacial score (nSPS) is 17.3. The van der Waals surface area contributed by atoms with Gasteiger partial charge in [-0.2, -0.15) is 13.2 Å². The maximum absolute atomic E-state index is 12.7. The molecule has 0 N–H and O–H groups in total. The standard InChI is InChI=1S/C17H22BrF3N2O2/c1-12(9-10-17(19,20)21)22(14-5-3-2-4-6-14)15-8-7-13(18)11-16(15)23(24)25/h7-8,11-12,14H,2-6,9-10H2,1H3. The largest absolute Gasteiger partial charge is 0.389 e. The summed E-state index contributed by atoms with van der Waals surface area (Å²) in [6.45, 7) is 1.73. The number of hydrogen-bond donors (Lipinski definition) is 0. The van der Waals surface area contributed by atoms with Crippen molar-refractivity contribution >= 4 is 27.3 Å². The fraction of sp³-hybridized carbons (Fsp3) is 0.647. The van der Waals surface area contributed by atoms with Crippen molar-refractivity contribution in [3.8, 4) is 0 Å². The van der Waals surface area contributed by atoms with Crippen molar-refractivity contribution in [2.45, 2.75) is 70.1 Å². The van der Waals surface area contributed by atoms with Crippen LogP contribution in [0.25, 0.3) is 0 Å². The van der Waals surface area contributed by atoms with Gasteiger partial charge < -0.3 is 4.90 Å². The number of nitro groups is 1. The van der Waals surface area contributed by atoms with Crippen LogP contribution in [-0.4, -0.2) is 23.2 Å². The van der Waals surface area contributed by atoms with Gasteiger partial charge in [0.05, 0.1) is 4.92 Å². The van der Waals surface area contributed by atoms with Crippen LogP contribution in [0.15, 0.2) is 22.7 Å². The first-order valence-corrected chi connectivity index (χ1v) is 9.27. The first-order valence-electron chi connectivity index (χ1n) is 8.48. The molecule has 0 radical (unpaired) electrons. The van der Waals surface area contributed by atoms with Gasteiger partial charge in [0.25, 0.3) is 5.69 Å². The van der Waals surface area contributed by atoms with E-state index in [0.29, 0.717) is 10.2 Å². The summed E-state index contributed by atoms with van der Waals surface area (Å²) < 4.78 is 38.5. The van der Waals surface area contributed by atoms with Crippen LogP contribution in [0.1, 0.15) is 51.9 Å². The Kier molecular flexibility index (Phi) is 6.71. The van der Waals surface area contributed by atoms with Crippen molar-refractivity contribution in [2.24, 2.45) is 0 Å². The molecule has 0 bridgehead atoms. The fourth-order valence-electron chi connectivity index (χ4n) is 3.53. The number of halogens is 4. The maximum atomic E-state index is 12.7. The second-order valence-electron chi connectivity index (χ2n) is 6.59. The van der Waals surface area contributed by atoms with Gasteiger partial charge in [0.1, 0.15) is 5.69 Å². The predicted octanol–water partition coefficient (Wildman–Crippen LogP) is 6.23. The topological polar surface area (TPSA) is 46.4 Å². The van der Waals surface area contributed by atoms with Crippen molar-refractivity contribution in [1.29, 1.82) is 0 Å². The minimum Gasteiger partial charge on any atom is -0.360 e. The van der Waals surface area contributed by atoms with E-state index in [1.54, 1.807) is 19.1 Å². The lowest BCUT2D eigenvalue weighted by Crippen LogP contribution is -2.44. The van der Waals surface area contributed by atoms with Crippen LogP contribution in [0.4, 0.5) is 24.5 Å². The third-order valence-electron chi connectivity index (χ3n) is 4.70. The average Bonchev–Trinajstić information content (AvgIpc) is 2.54. The van der Waals surface area contributed by atoms with Gasteiger partial charge in [-0.15, -0.1) is 0 Å². The smallest absolute Gasteiger partial charge is 0.360 e. The Labute approximate surface area is 153 Å². The number of hydrogen-bond acceptors (Lipinski definition) is 3. The Morgan fingerprint density at radius 3 is 2.52 bits per heavy atom. The molecule has 0 aromatic heterocycles. The maximum Gasteiger partial charge on any atom is 0.389 e. The van der Waals surface area contributed by atoms with E-state index in [9.17, 15) is 23.3 Å². The molecule has 2 rings (SSSR count). The van der Waals surface area contributed by atoms with Crippen LogP contribution in [0, 0.1) is 10.1 Å². The Morgan fingerprint density at radius 1 is 1.32 bits per heavy atom. The summed E-state index contributed by atoms with van der Waals surface area (Å²) in [6.07, 6.45) is -0.390. The molecule has 8 heteroatoms. The summed E-state index contributed by atoms with van der Waals surface area (Å²) in [6, 6.07) is 4.37. The Bertz CT molecular complexity index is 604. The van der Waals surface area contributed by atoms with Crippen LogP contribution >= 0.6 is 15.9 Å². The number of alkyl halides is 3. The van der Waals surface area contributed by atoms with E-state index in [-0.39, 0.29) is 18.2 Å². The van der Waals surface area contributed by atoms with E-state index in [1.165, 1.54) is 6.07 Å². The lowest BCUT2D eigenvalue weighted by Gasteiger charge is -2.40. The number of nitrogens with zero attached hydrogens (tertiary/aromatic N) is 2. The molecule has 1 fully saturated rings. The SMILES string of the molecule is CC(CCC(F)(F)F)N(c1ccc(Br)cc1[N+](=O)[O-])C1CCCCC1. The molecule has 25 heavy (non-hydrogen) atoms. The molecule has 140 valence electrons. The molecular formula is C17H22BrF3N2O2. The van der Waals surface area contributed by atoms with Crippen molar-refractivity contribution in [3.05, 3.63) is 32.8 Å². The van der Waals surface area contributed by atoms with E-state index >= 15 is 0 Å². The van der Waals surface area contributed by atoms with Gasteiger partial charge >= 0.3 is 6.18 Å². The van der Waals surface area contributed by atoms with Gasteiger partial charge in [-0.1, -0.05) is 35.2 Å². The summed E-state index contributed by atoms with van der Waals surface area (Å²) in [5, 5.41) is 11.5. The predicted molar refractivity (Wildman–Crippen MR) is 94.9 cm³/mol. The van der Waals surface area contributed by atoms with E-state index in [0.717, 1.165) is 32.1 Å². The van der Waals surface area contributed by atoms with Crippen LogP contribution in [0.2, 0.25) is 0 Å².